The molecule has 11 nitrogen and oxygen atoms in total. The Balaban J connectivity index is 2.29. The van der Waals surface area contributed by atoms with Gasteiger partial charge in [-0.15, -0.1) is 0 Å². The van der Waals surface area contributed by atoms with Crippen LogP contribution in [0.5, 0.6) is 0 Å². The van der Waals surface area contributed by atoms with Crippen molar-refractivity contribution in [2.75, 3.05) is 13.2 Å². The number of nitrogens with one attached hydrogen (secondary N) is 1. The Morgan fingerprint density at radius 3 is 1.73 bits per heavy atom. The lowest BCUT2D eigenvalue weighted by Crippen LogP contribution is -2.60. The molecule has 1 aliphatic rings. The third-order valence-electron chi connectivity index (χ3n) is 10.0. The highest BCUT2D eigenvalue weighted by atomic mass is 16.7. The van der Waals surface area contributed by atoms with Gasteiger partial charge in [0.2, 0.25) is 5.91 Å². The van der Waals surface area contributed by atoms with E-state index >= 15 is 0 Å². The van der Waals surface area contributed by atoms with Crippen LogP contribution in [0.1, 0.15) is 162 Å². The van der Waals surface area contributed by atoms with E-state index in [9.17, 15) is 40.5 Å². The van der Waals surface area contributed by atoms with E-state index in [1.807, 2.05) is 6.92 Å². The van der Waals surface area contributed by atoms with Crippen LogP contribution < -0.4 is 5.32 Å². The first-order valence-electron chi connectivity index (χ1n) is 20.7. The summed E-state index contributed by atoms with van der Waals surface area (Å²) >= 11 is 0. The number of unbranched alkanes of at least 4 members (excludes halogenated alkanes) is 17. The van der Waals surface area contributed by atoms with Crippen LogP contribution in [0.3, 0.4) is 0 Å². The van der Waals surface area contributed by atoms with Crippen molar-refractivity contribution in [2.24, 2.45) is 0 Å². The number of carbonyl (C=O) groups excluding carboxylic acids is 1. The van der Waals surface area contributed by atoms with Crippen LogP contribution in [0.15, 0.2) is 24.3 Å². The minimum atomic E-state index is -1.66. The third kappa shape index (κ3) is 22.1. The van der Waals surface area contributed by atoms with E-state index in [4.69, 9.17) is 9.47 Å². The van der Waals surface area contributed by atoms with Gasteiger partial charge in [-0.1, -0.05) is 141 Å². The smallest absolute Gasteiger partial charge is 0.249 e. The van der Waals surface area contributed by atoms with Gasteiger partial charge in [-0.05, 0) is 44.9 Å². The minimum Gasteiger partial charge on any atom is -0.394 e. The fraction of sp³-hybridized carbons (Fsp3) is 0.878. The summed E-state index contributed by atoms with van der Waals surface area (Å²) in [5.74, 6) is -0.715. The highest BCUT2D eigenvalue weighted by Gasteiger charge is 2.44. The van der Waals surface area contributed by atoms with E-state index in [0.717, 1.165) is 57.8 Å². The molecule has 1 rings (SSSR count). The molecule has 11 heteroatoms. The van der Waals surface area contributed by atoms with Crippen LogP contribution >= 0.6 is 0 Å². The van der Waals surface area contributed by atoms with Crippen LogP contribution in [-0.4, -0.2) is 110 Å². The average Bonchev–Trinajstić information content (AvgIpc) is 3.14. The van der Waals surface area contributed by atoms with Gasteiger partial charge >= 0.3 is 0 Å². The summed E-state index contributed by atoms with van der Waals surface area (Å²) in [7, 11) is 0. The van der Waals surface area contributed by atoms with Gasteiger partial charge in [0.1, 0.15) is 36.6 Å². The molecule has 9 atom stereocenters. The Kier molecular flexibility index (Phi) is 29.8. The highest BCUT2D eigenvalue weighted by Crippen LogP contribution is 2.23. The Labute approximate surface area is 314 Å². The lowest BCUT2D eigenvalue weighted by atomic mass is 9.98. The minimum absolute atomic E-state index is 0.247. The van der Waals surface area contributed by atoms with E-state index in [1.54, 1.807) is 0 Å². The molecule has 8 N–H and O–H groups in total. The zero-order valence-corrected chi connectivity index (χ0v) is 32.5. The summed E-state index contributed by atoms with van der Waals surface area (Å²) in [6, 6.07) is -1.17. The second kappa shape index (κ2) is 31.9. The number of amides is 1. The second-order valence-electron chi connectivity index (χ2n) is 14.7. The van der Waals surface area contributed by atoms with Crippen molar-refractivity contribution < 1.29 is 50.0 Å². The Hall–Kier alpha value is -1.41. The van der Waals surface area contributed by atoms with Crippen LogP contribution in [0.2, 0.25) is 0 Å². The van der Waals surface area contributed by atoms with Crippen molar-refractivity contribution >= 4 is 5.91 Å². The number of ether oxygens (including phenoxy) is 2. The molecule has 0 aromatic carbocycles. The number of hydrogen-bond donors (Lipinski definition) is 8. The number of carbonyl (C=O) groups is 1. The van der Waals surface area contributed by atoms with E-state index in [2.05, 4.69) is 36.5 Å². The maximum atomic E-state index is 12.9. The zero-order valence-electron chi connectivity index (χ0n) is 32.5. The fourth-order valence-electron chi connectivity index (χ4n) is 6.47. The largest absolute Gasteiger partial charge is 0.394 e. The van der Waals surface area contributed by atoms with Crippen LogP contribution in [0, 0.1) is 0 Å². The molecule has 0 spiro atoms. The highest BCUT2D eigenvalue weighted by molar-refractivity contribution is 5.80. The Bertz CT molecular complexity index is 903. The fourth-order valence-corrected chi connectivity index (χ4v) is 6.47. The molecule has 0 saturated carbocycles. The van der Waals surface area contributed by atoms with Crippen molar-refractivity contribution in [3.8, 4) is 0 Å². The van der Waals surface area contributed by atoms with Crippen LogP contribution in [-0.2, 0) is 14.3 Å². The van der Waals surface area contributed by atoms with Crippen LogP contribution in [0.25, 0.3) is 0 Å². The summed E-state index contributed by atoms with van der Waals surface area (Å²) in [5, 5.41) is 74.4. The van der Waals surface area contributed by atoms with E-state index < -0.39 is 74.2 Å². The topological polar surface area (TPSA) is 189 Å². The third-order valence-corrected chi connectivity index (χ3v) is 10.0. The molecule has 1 amide bonds. The molecule has 1 aliphatic heterocycles. The van der Waals surface area contributed by atoms with Crippen molar-refractivity contribution in [3.05, 3.63) is 24.3 Å². The number of allylic oxidation sites excluding steroid dienone is 4. The molecule has 306 valence electrons. The number of aliphatic hydroxyl groups excluding tert-OH is 7. The molecular weight excluding hydrogens is 666 g/mol. The molecule has 9 unspecified atom stereocenters. The first-order valence-corrected chi connectivity index (χ1v) is 20.7. The van der Waals surface area contributed by atoms with Crippen molar-refractivity contribution in [1.82, 2.24) is 5.32 Å². The first kappa shape index (κ1) is 48.6. The maximum Gasteiger partial charge on any atom is 0.249 e. The Morgan fingerprint density at radius 2 is 1.17 bits per heavy atom. The molecule has 1 fully saturated rings. The monoisotopic (exact) mass is 744 g/mol. The predicted molar refractivity (Wildman–Crippen MR) is 205 cm³/mol. The number of rotatable bonds is 33. The second-order valence-corrected chi connectivity index (χ2v) is 14.7. The van der Waals surface area contributed by atoms with Crippen molar-refractivity contribution in [2.45, 2.75) is 217 Å². The standard InChI is InChI=1S/C41H77NO10/c1-3-5-7-8-9-10-11-12-13-14-15-16-17-18-19-20-21-22-23-24-25-27-29-34(45)40(50)42-32(36(46)33(44)28-26-6-4-2)31-51-41-39(49)38(48)37(47)35(30-43)52-41/h15-16,18-19,32-39,41,43-49H,3-14,17,20-31H2,1-2H3,(H,42,50)/b16-15-,19-18-. The predicted octanol–water partition coefficient (Wildman–Crippen LogP) is 5.49. The molecule has 0 aromatic rings. The van der Waals surface area contributed by atoms with E-state index in [1.165, 1.54) is 64.2 Å². The molecular formula is C41H77NO10. The number of hydrogen-bond acceptors (Lipinski definition) is 10. The summed E-state index contributed by atoms with van der Waals surface area (Å²) in [4.78, 5) is 12.9. The lowest BCUT2D eigenvalue weighted by Gasteiger charge is -2.40. The molecule has 0 aromatic heterocycles. The van der Waals surface area contributed by atoms with Crippen molar-refractivity contribution in [3.63, 3.8) is 0 Å². The van der Waals surface area contributed by atoms with E-state index in [-0.39, 0.29) is 12.8 Å². The normalized spacial score (nSPS) is 23.3. The van der Waals surface area contributed by atoms with Crippen molar-refractivity contribution in [1.29, 1.82) is 0 Å². The number of aliphatic hydroxyl groups is 7. The van der Waals surface area contributed by atoms with Gasteiger partial charge in [-0.25, -0.2) is 0 Å². The zero-order chi connectivity index (χ0) is 38.4. The molecule has 1 saturated heterocycles. The average molecular weight is 744 g/mol. The summed E-state index contributed by atoms with van der Waals surface area (Å²) in [6.07, 6.45) is 22.1. The van der Waals surface area contributed by atoms with E-state index in [0.29, 0.717) is 12.8 Å². The van der Waals surface area contributed by atoms with Gasteiger partial charge in [-0.2, -0.15) is 0 Å². The van der Waals surface area contributed by atoms with Gasteiger partial charge in [0, 0.05) is 0 Å². The summed E-state index contributed by atoms with van der Waals surface area (Å²) in [6.45, 7) is 3.21. The van der Waals surface area contributed by atoms with Gasteiger partial charge < -0.3 is 50.5 Å². The molecule has 0 radical (unpaired) electrons. The van der Waals surface area contributed by atoms with Gasteiger partial charge in [-0.3, -0.25) is 4.79 Å². The molecule has 1 heterocycles. The maximum absolute atomic E-state index is 12.9. The first-order chi connectivity index (χ1) is 25.2. The Morgan fingerprint density at radius 1 is 0.673 bits per heavy atom. The quantitative estimate of drug-likeness (QED) is 0.0315. The van der Waals surface area contributed by atoms with Crippen LogP contribution in [0.4, 0.5) is 0 Å². The summed E-state index contributed by atoms with van der Waals surface area (Å²) in [5.41, 5.74) is 0. The SMILES string of the molecule is CCCCCCCCCCC/C=C\C/C=C\CCCCCCCCC(O)C(=O)NC(COC1OC(CO)C(O)C(O)C1O)C(O)C(O)CCCCC. The van der Waals surface area contributed by atoms with Gasteiger partial charge in [0.05, 0.1) is 25.4 Å². The lowest BCUT2D eigenvalue weighted by molar-refractivity contribution is -0.303. The molecule has 52 heavy (non-hydrogen) atoms. The molecule has 0 aliphatic carbocycles. The van der Waals surface area contributed by atoms with Gasteiger partial charge in [0.25, 0.3) is 0 Å². The molecule has 0 bridgehead atoms. The van der Waals surface area contributed by atoms with Gasteiger partial charge in [0.15, 0.2) is 6.29 Å². The summed E-state index contributed by atoms with van der Waals surface area (Å²) < 4.78 is 10.9.